The number of hydrogen-bond donors (Lipinski definition) is 9. The highest BCUT2D eigenvalue weighted by molar-refractivity contribution is 5.76. The first kappa shape index (κ1) is 70.0. The van der Waals surface area contributed by atoms with Gasteiger partial charge in [0.1, 0.15) is 48.8 Å². The van der Waals surface area contributed by atoms with Crippen LogP contribution in [0.1, 0.15) is 200 Å². The molecule has 0 radical (unpaired) electrons. The Hall–Kier alpha value is -3.09. The van der Waals surface area contributed by atoms with Crippen molar-refractivity contribution in [1.29, 1.82) is 0 Å². The molecule has 14 heteroatoms. The molecule has 77 heavy (non-hydrogen) atoms. The number of carbonyl (C=O) groups is 1. The van der Waals surface area contributed by atoms with Crippen LogP contribution in [0.4, 0.5) is 0 Å². The van der Waals surface area contributed by atoms with Crippen LogP contribution in [0.25, 0.3) is 0 Å². The van der Waals surface area contributed by atoms with Crippen LogP contribution in [-0.4, -0.2) is 140 Å². The van der Waals surface area contributed by atoms with E-state index in [0.29, 0.717) is 12.8 Å². The summed E-state index contributed by atoms with van der Waals surface area (Å²) in [6.07, 6.45) is 48.7. The zero-order valence-corrected chi connectivity index (χ0v) is 47.4. The summed E-state index contributed by atoms with van der Waals surface area (Å²) >= 11 is 0. The number of carbonyl (C=O) groups excluding carboxylic acids is 1. The van der Waals surface area contributed by atoms with Crippen molar-refractivity contribution in [2.24, 2.45) is 0 Å². The fourth-order valence-electron chi connectivity index (χ4n) is 9.17. The lowest BCUT2D eigenvalue weighted by molar-refractivity contribution is -0.359. The zero-order valence-electron chi connectivity index (χ0n) is 47.4. The number of aliphatic hydroxyl groups excluding tert-OH is 8. The van der Waals surface area contributed by atoms with E-state index in [9.17, 15) is 45.6 Å². The number of amides is 1. The highest BCUT2D eigenvalue weighted by Crippen LogP contribution is 2.30. The van der Waals surface area contributed by atoms with Crippen molar-refractivity contribution in [3.8, 4) is 0 Å². The lowest BCUT2D eigenvalue weighted by Gasteiger charge is -2.46. The van der Waals surface area contributed by atoms with Gasteiger partial charge in [-0.3, -0.25) is 4.79 Å². The average molecular weight is 1090 g/mol. The second kappa shape index (κ2) is 47.7. The van der Waals surface area contributed by atoms with Gasteiger partial charge in [-0.05, 0) is 89.9 Å². The Balaban J connectivity index is 1.81. The van der Waals surface area contributed by atoms with E-state index in [0.717, 1.165) is 89.9 Å². The Morgan fingerprint density at radius 2 is 0.909 bits per heavy atom. The topological polar surface area (TPSA) is 228 Å². The van der Waals surface area contributed by atoms with Gasteiger partial charge >= 0.3 is 0 Å². The van der Waals surface area contributed by atoms with Crippen LogP contribution in [0.2, 0.25) is 0 Å². The molecule has 9 N–H and O–H groups in total. The number of ether oxygens (including phenoxy) is 4. The van der Waals surface area contributed by atoms with Crippen LogP contribution < -0.4 is 5.32 Å². The Kier molecular flexibility index (Phi) is 43.4. The van der Waals surface area contributed by atoms with Crippen molar-refractivity contribution >= 4 is 5.91 Å². The number of rotatable bonds is 46. The van der Waals surface area contributed by atoms with Crippen molar-refractivity contribution in [3.63, 3.8) is 0 Å². The van der Waals surface area contributed by atoms with E-state index in [4.69, 9.17) is 18.9 Å². The number of allylic oxidation sites excluding steroid dienone is 15. The molecule has 2 heterocycles. The minimum absolute atomic E-state index is 0.242. The van der Waals surface area contributed by atoms with Crippen LogP contribution in [-0.2, 0) is 23.7 Å². The molecule has 2 aliphatic heterocycles. The first-order chi connectivity index (χ1) is 37.6. The van der Waals surface area contributed by atoms with Gasteiger partial charge in [0.2, 0.25) is 5.91 Å². The maximum Gasteiger partial charge on any atom is 0.220 e. The highest BCUT2D eigenvalue weighted by atomic mass is 16.7. The number of hydrogen-bond acceptors (Lipinski definition) is 13. The maximum atomic E-state index is 13.3. The van der Waals surface area contributed by atoms with Gasteiger partial charge in [-0.2, -0.15) is 0 Å². The van der Waals surface area contributed by atoms with Crippen LogP contribution in [0, 0.1) is 0 Å². The SMILES string of the molecule is CC/C=C\C/C=C\C/C=C\C/C=C\C/C=C\CCCCCCCC(=O)NC(COC1OC(CO)C(OC2OC(CO)C(O)C(O)C2O)C(O)C1O)C(O)/C=C/CC/C=C/CC/C=C/CCCCCCCCCCCCCC. The van der Waals surface area contributed by atoms with E-state index in [1.165, 1.54) is 77.0 Å². The molecule has 14 nitrogen and oxygen atoms in total. The molecule has 2 saturated heterocycles. The first-order valence-electron chi connectivity index (χ1n) is 30.0. The highest BCUT2D eigenvalue weighted by Gasteiger charge is 2.51. The van der Waals surface area contributed by atoms with E-state index in [2.05, 4.69) is 104 Å². The van der Waals surface area contributed by atoms with Crippen LogP contribution >= 0.6 is 0 Å². The van der Waals surface area contributed by atoms with Gasteiger partial charge in [0, 0.05) is 6.42 Å². The number of nitrogens with one attached hydrogen (secondary N) is 1. The van der Waals surface area contributed by atoms with Crippen molar-refractivity contribution < 1.29 is 64.6 Å². The normalized spacial score (nSPS) is 25.4. The molecule has 1 amide bonds. The van der Waals surface area contributed by atoms with Crippen molar-refractivity contribution in [2.75, 3.05) is 19.8 Å². The first-order valence-corrected chi connectivity index (χ1v) is 30.0. The van der Waals surface area contributed by atoms with E-state index in [1.807, 2.05) is 6.08 Å². The summed E-state index contributed by atoms with van der Waals surface area (Å²) in [5, 5.41) is 87.1. The molecule has 0 aromatic heterocycles. The Labute approximate surface area is 464 Å². The molecular weight excluding hydrogens is 979 g/mol. The van der Waals surface area contributed by atoms with Crippen molar-refractivity contribution in [2.45, 2.75) is 274 Å². The van der Waals surface area contributed by atoms with Gasteiger partial charge in [-0.1, -0.05) is 201 Å². The molecule has 2 rings (SSSR count). The second-order valence-corrected chi connectivity index (χ2v) is 20.7. The molecule has 12 unspecified atom stereocenters. The molecule has 2 aliphatic rings. The standard InChI is InChI=1S/C63H107NO13/c1-3-5-7-9-11-13-15-17-19-21-23-25-27-28-30-32-34-36-38-40-42-44-46-52(67)51(50-74-62-60(73)58(71)61(54(49-66)76-62)77-63-59(72)57(70)56(69)53(48-65)75-63)64-55(68)47-45-43-41-39-37-35-33-31-29-26-24-22-20-18-16-14-12-10-8-6-4-2/h6,8,12,14,18,20,24,26,28,30-31,33,36,38,44,46,51-54,56-63,65-67,69-73H,3-5,7,9-11,13,15-17,19,21-23,25,27,29,32,34-35,37,39-43,45,47-50H2,1-2H3,(H,64,68)/b8-6-,14-12-,20-18-,26-24-,30-28+,33-31-,38-36+,46-44+. The minimum Gasteiger partial charge on any atom is -0.394 e. The summed E-state index contributed by atoms with van der Waals surface area (Å²) < 4.78 is 22.7. The second-order valence-electron chi connectivity index (χ2n) is 20.7. The van der Waals surface area contributed by atoms with Gasteiger partial charge in [0.25, 0.3) is 0 Å². The predicted molar refractivity (Wildman–Crippen MR) is 309 cm³/mol. The summed E-state index contributed by atoms with van der Waals surface area (Å²) in [6, 6.07) is -0.955. The molecular formula is C63H107NO13. The van der Waals surface area contributed by atoms with E-state index >= 15 is 0 Å². The van der Waals surface area contributed by atoms with Gasteiger partial charge in [-0.25, -0.2) is 0 Å². The Morgan fingerprint density at radius 3 is 1.43 bits per heavy atom. The quantitative estimate of drug-likeness (QED) is 0.0205. The molecule has 0 aromatic rings. The molecule has 442 valence electrons. The van der Waals surface area contributed by atoms with E-state index < -0.39 is 86.8 Å². The molecule has 0 spiro atoms. The molecule has 0 saturated carbocycles. The Morgan fingerprint density at radius 1 is 0.481 bits per heavy atom. The fourth-order valence-corrected chi connectivity index (χ4v) is 9.17. The lowest BCUT2D eigenvalue weighted by atomic mass is 9.97. The molecule has 0 aliphatic carbocycles. The van der Waals surface area contributed by atoms with Crippen molar-refractivity contribution in [3.05, 3.63) is 97.2 Å². The predicted octanol–water partition coefficient (Wildman–Crippen LogP) is 10.3. The average Bonchev–Trinajstić information content (AvgIpc) is 3.44. The maximum absolute atomic E-state index is 13.3. The van der Waals surface area contributed by atoms with Crippen LogP contribution in [0.3, 0.4) is 0 Å². The third kappa shape index (κ3) is 33.3. The monoisotopic (exact) mass is 1090 g/mol. The van der Waals surface area contributed by atoms with Gasteiger partial charge in [-0.15, -0.1) is 0 Å². The smallest absolute Gasteiger partial charge is 0.220 e. The minimum atomic E-state index is -1.80. The third-order valence-electron chi connectivity index (χ3n) is 14.0. The summed E-state index contributed by atoms with van der Waals surface area (Å²) in [5.74, 6) is -0.276. The molecule has 0 bridgehead atoms. The van der Waals surface area contributed by atoms with Gasteiger partial charge < -0.3 is 65.1 Å². The van der Waals surface area contributed by atoms with Gasteiger partial charge in [0.15, 0.2) is 12.6 Å². The zero-order chi connectivity index (χ0) is 56.0. The number of unbranched alkanes of at least 4 members (excludes halogenated alkanes) is 19. The largest absolute Gasteiger partial charge is 0.394 e. The summed E-state index contributed by atoms with van der Waals surface area (Å²) in [4.78, 5) is 13.3. The third-order valence-corrected chi connectivity index (χ3v) is 14.0. The fraction of sp³-hybridized carbons (Fsp3) is 0.730. The van der Waals surface area contributed by atoms with Crippen LogP contribution in [0.5, 0.6) is 0 Å². The summed E-state index contributed by atoms with van der Waals surface area (Å²) in [6.45, 7) is 2.64. The molecule has 12 atom stereocenters. The van der Waals surface area contributed by atoms with Gasteiger partial charge in [0.05, 0.1) is 32.0 Å². The Bertz CT molecular complexity index is 1660. The van der Waals surface area contributed by atoms with E-state index in [1.54, 1.807) is 6.08 Å². The number of aliphatic hydroxyl groups is 8. The molecule has 2 fully saturated rings. The van der Waals surface area contributed by atoms with Crippen molar-refractivity contribution in [1.82, 2.24) is 5.32 Å². The summed E-state index contributed by atoms with van der Waals surface area (Å²) in [7, 11) is 0. The lowest BCUT2D eigenvalue weighted by Crippen LogP contribution is -2.65. The summed E-state index contributed by atoms with van der Waals surface area (Å²) in [5.41, 5.74) is 0. The van der Waals surface area contributed by atoms with Crippen LogP contribution in [0.15, 0.2) is 97.2 Å². The van der Waals surface area contributed by atoms with E-state index in [-0.39, 0.29) is 18.9 Å². The molecule has 0 aromatic carbocycles.